The molecule has 1 saturated heterocycles. The second-order valence-electron chi connectivity index (χ2n) is 7.32. The van der Waals surface area contributed by atoms with Gasteiger partial charge in [-0.05, 0) is 37.5 Å². The number of nitrogens with one attached hydrogen (secondary N) is 2. The van der Waals surface area contributed by atoms with E-state index in [1.54, 1.807) is 6.20 Å². The monoisotopic (exact) mass is 355 g/mol. The van der Waals surface area contributed by atoms with Crippen molar-refractivity contribution < 1.29 is 9.90 Å². The van der Waals surface area contributed by atoms with E-state index in [1.807, 2.05) is 24.4 Å². The summed E-state index contributed by atoms with van der Waals surface area (Å²) in [6.45, 7) is 1.45. The lowest BCUT2D eigenvalue weighted by atomic mass is 9.84. The van der Waals surface area contributed by atoms with Crippen LogP contribution >= 0.6 is 0 Å². The third-order valence-electron chi connectivity index (χ3n) is 5.43. The smallest absolute Gasteiger partial charge is 0.252 e. The van der Waals surface area contributed by atoms with Crippen molar-refractivity contribution in [2.24, 2.45) is 0 Å². The summed E-state index contributed by atoms with van der Waals surface area (Å²) >= 11 is 0. The van der Waals surface area contributed by atoms with Gasteiger partial charge in [0.1, 0.15) is 5.60 Å². The van der Waals surface area contributed by atoms with Crippen LogP contribution in [0.2, 0.25) is 0 Å². The molecular formula is C19H25N5O2. The number of hydrogen-bond acceptors (Lipinski definition) is 5. The number of nitrogens with zero attached hydrogens (tertiary/aromatic N) is 3. The molecular weight excluding hydrogens is 330 g/mol. The van der Waals surface area contributed by atoms with Crippen molar-refractivity contribution in [3.8, 4) is 11.4 Å². The summed E-state index contributed by atoms with van der Waals surface area (Å²) in [5.41, 5.74) is 0.622. The number of hydrogen-bond donors (Lipinski definition) is 3. The van der Waals surface area contributed by atoms with Crippen molar-refractivity contribution in [2.75, 3.05) is 18.0 Å². The van der Waals surface area contributed by atoms with Crippen LogP contribution in [0.15, 0.2) is 30.6 Å². The van der Waals surface area contributed by atoms with E-state index in [4.69, 9.17) is 0 Å². The van der Waals surface area contributed by atoms with Gasteiger partial charge in [0, 0.05) is 31.5 Å². The Kier molecular flexibility index (Phi) is 4.63. The van der Waals surface area contributed by atoms with E-state index < -0.39 is 5.60 Å². The molecule has 2 aromatic rings. The highest BCUT2D eigenvalue weighted by Gasteiger charge is 2.39. The van der Waals surface area contributed by atoms with Gasteiger partial charge < -0.3 is 20.3 Å². The molecule has 1 saturated carbocycles. The number of amides is 1. The Morgan fingerprint density at radius 2 is 2.15 bits per heavy atom. The predicted molar refractivity (Wildman–Crippen MR) is 98.6 cm³/mol. The number of anilines is 1. The summed E-state index contributed by atoms with van der Waals surface area (Å²) in [4.78, 5) is 26.8. The van der Waals surface area contributed by atoms with Gasteiger partial charge in [0.25, 0.3) is 5.91 Å². The van der Waals surface area contributed by atoms with Crippen molar-refractivity contribution in [3.05, 3.63) is 30.6 Å². The van der Waals surface area contributed by atoms with Crippen molar-refractivity contribution in [1.29, 1.82) is 0 Å². The highest BCUT2D eigenvalue weighted by atomic mass is 16.3. The standard InChI is InChI=1S/C19H25N5O2/c25-17(19(26)8-2-1-3-9-19)22-14-7-12-24(13-14)18-21-11-6-16(23-18)15-5-4-10-20-15/h4-6,10-11,14,20,26H,1-3,7-9,12-13H2,(H,22,25). The summed E-state index contributed by atoms with van der Waals surface area (Å²) < 4.78 is 0. The molecule has 3 N–H and O–H groups in total. The van der Waals surface area contributed by atoms with Crippen LogP contribution in [0.3, 0.4) is 0 Å². The molecule has 0 bridgehead atoms. The van der Waals surface area contributed by atoms with Gasteiger partial charge >= 0.3 is 0 Å². The predicted octanol–water partition coefficient (Wildman–Crippen LogP) is 1.86. The largest absolute Gasteiger partial charge is 0.380 e. The molecule has 2 aliphatic rings. The molecule has 1 unspecified atom stereocenters. The summed E-state index contributed by atoms with van der Waals surface area (Å²) in [7, 11) is 0. The van der Waals surface area contributed by atoms with E-state index in [2.05, 4.69) is 25.2 Å². The van der Waals surface area contributed by atoms with E-state index in [9.17, 15) is 9.90 Å². The Balaban J connectivity index is 1.39. The maximum Gasteiger partial charge on any atom is 0.252 e. The number of aromatic amines is 1. The number of H-pyrrole nitrogens is 1. The van der Waals surface area contributed by atoms with Crippen molar-refractivity contribution in [3.63, 3.8) is 0 Å². The Morgan fingerprint density at radius 3 is 2.92 bits per heavy atom. The minimum atomic E-state index is -1.18. The second-order valence-corrected chi connectivity index (χ2v) is 7.32. The van der Waals surface area contributed by atoms with Gasteiger partial charge in [-0.1, -0.05) is 19.3 Å². The molecule has 26 heavy (non-hydrogen) atoms. The van der Waals surface area contributed by atoms with Crippen molar-refractivity contribution >= 4 is 11.9 Å². The zero-order valence-corrected chi connectivity index (χ0v) is 14.8. The van der Waals surface area contributed by atoms with Gasteiger partial charge in [0.2, 0.25) is 5.95 Å². The molecule has 1 aliphatic carbocycles. The number of carbonyl (C=O) groups is 1. The molecule has 3 heterocycles. The Hall–Kier alpha value is -2.41. The van der Waals surface area contributed by atoms with Crippen LogP contribution in [-0.4, -0.2) is 50.7 Å². The molecule has 0 aromatic carbocycles. The van der Waals surface area contributed by atoms with Crippen LogP contribution in [0.4, 0.5) is 5.95 Å². The second kappa shape index (κ2) is 7.07. The molecule has 2 fully saturated rings. The van der Waals surface area contributed by atoms with Crippen LogP contribution < -0.4 is 10.2 Å². The minimum Gasteiger partial charge on any atom is -0.380 e. The summed E-state index contributed by atoms with van der Waals surface area (Å²) in [5, 5.41) is 13.6. The fourth-order valence-electron chi connectivity index (χ4n) is 3.88. The average Bonchev–Trinajstić information content (AvgIpc) is 3.35. The zero-order valence-electron chi connectivity index (χ0n) is 14.8. The molecule has 0 radical (unpaired) electrons. The lowest BCUT2D eigenvalue weighted by Gasteiger charge is -2.31. The lowest BCUT2D eigenvalue weighted by Crippen LogP contribution is -2.51. The third-order valence-corrected chi connectivity index (χ3v) is 5.43. The number of rotatable bonds is 4. The van der Waals surface area contributed by atoms with E-state index >= 15 is 0 Å². The maximum atomic E-state index is 12.5. The highest BCUT2D eigenvalue weighted by molar-refractivity contribution is 5.85. The van der Waals surface area contributed by atoms with Crippen LogP contribution in [-0.2, 0) is 4.79 Å². The molecule has 138 valence electrons. The zero-order chi connectivity index (χ0) is 18.0. The van der Waals surface area contributed by atoms with Gasteiger partial charge in [0.05, 0.1) is 11.4 Å². The van der Waals surface area contributed by atoms with Crippen LogP contribution in [0.25, 0.3) is 11.4 Å². The van der Waals surface area contributed by atoms with Gasteiger partial charge in [-0.2, -0.15) is 0 Å². The molecule has 0 spiro atoms. The van der Waals surface area contributed by atoms with Gasteiger partial charge in [-0.15, -0.1) is 0 Å². The SMILES string of the molecule is O=C(NC1CCN(c2nccc(-c3ccc[nH]3)n2)C1)C1(O)CCCCC1. The third kappa shape index (κ3) is 3.44. The lowest BCUT2D eigenvalue weighted by molar-refractivity contribution is -0.143. The normalized spacial score (nSPS) is 22.3. The van der Waals surface area contributed by atoms with Gasteiger partial charge in [0.15, 0.2) is 0 Å². The fourth-order valence-corrected chi connectivity index (χ4v) is 3.88. The summed E-state index contributed by atoms with van der Waals surface area (Å²) in [6, 6.07) is 5.81. The molecule has 4 rings (SSSR count). The summed E-state index contributed by atoms with van der Waals surface area (Å²) in [6.07, 6.45) is 8.52. The van der Waals surface area contributed by atoms with Crippen LogP contribution in [0.5, 0.6) is 0 Å². The van der Waals surface area contributed by atoms with E-state index in [-0.39, 0.29) is 11.9 Å². The molecule has 1 atom stereocenters. The first-order valence-corrected chi connectivity index (χ1v) is 9.39. The number of carbonyl (C=O) groups excluding carboxylic acids is 1. The molecule has 1 aliphatic heterocycles. The number of aromatic nitrogens is 3. The van der Waals surface area contributed by atoms with Crippen molar-refractivity contribution in [1.82, 2.24) is 20.3 Å². The van der Waals surface area contributed by atoms with Crippen LogP contribution in [0.1, 0.15) is 38.5 Å². The first kappa shape index (κ1) is 17.0. The maximum absolute atomic E-state index is 12.5. The molecule has 7 nitrogen and oxygen atoms in total. The quantitative estimate of drug-likeness (QED) is 0.778. The fraction of sp³-hybridized carbons (Fsp3) is 0.526. The minimum absolute atomic E-state index is 0.0196. The highest BCUT2D eigenvalue weighted by Crippen LogP contribution is 2.29. The molecule has 2 aromatic heterocycles. The summed E-state index contributed by atoms with van der Waals surface area (Å²) in [5.74, 6) is 0.454. The van der Waals surface area contributed by atoms with Gasteiger partial charge in [-0.3, -0.25) is 4.79 Å². The van der Waals surface area contributed by atoms with Crippen molar-refractivity contribution in [2.45, 2.75) is 50.2 Å². The van der Waals surface area contributed by atoms with E-state index in [0.717, 1.165) is 43.6 Å². The van der Waals surface area contributed by atoms with Gasteiger partial charge in [-0.25, -0.2) is 9.97 Å². The Bertz CT molecular complexity index is 755. The Morgan fingerprint density at radius 1 is 1.31 bits per heavy atom. The first-order chi connectivity index (χ1) is 12.6. The molecule has 7 heteroatoms. The molecule has 1 amide bonds. The van der Waals surface area contributed by atoms with E-state index in [1.165, 1.54) is 0 Å². The van der Waals surface area contributed by atoms with E-state index in [0.29, 0.717) is 25.3 Å². The average molecular weight is 355 g/mol. The number of aliphatic hydroxyl groups is 1. The topological polar surface area (TPSA) is 94.1 Å². The first-order valence-electron chi connectivity index (χ1n) is 9.39. The van der Waals surface area contributed by atoms with Crippen LogP contribution in [0, 0.1) is 0 Å². The Labute approximate surface area is 152 Å².